The lowest BCUT2D eigenvalue weighted by atomic mass is 10.2. The van der Waals surface area contributed by atoms with E-state index in [1.165, 1.54) is 0 Å². The summed E-state index contributed by atoms with van der Waals surface area (Å²) in [6.45, 7) is 5.65. The van der Waals surface area contributed by atoms with Crippen LogP contribution < -0.4 is 0 Å². The Hall–Kier alpha value is -0.120. The third-order valence-corrected chi connectivity index (χ3v) is 0.919. The van der Waals surface area contributed by atoms with E-state index in [4.69, 9.17) is 14.9 Å². The number of ether oxygens (including phenoxy) is 1. The molecule has 0 aliphatic carbocycles. The van der Waals surface area contributed by atoms with Crippen molar-refractivity contribution in [1.29, 1.82) is 0 Å². The fourth-order valence-electron chi connectivity index (χ4n) is 0.399. The summed E-state index contributed by atoms with van der Waals surface area (Å²) in [4.78, 5) is 0. The van der Waals surface area contributed by atoms with Crippen molar-refractivity contribution in [3.05, 3.63) is 0 Å². The van der Waals surface area contributed by atoms with Gasteiger partial charge >= 0.3 is 0 Å². The van der Waals surface area contributed by atoms with E-state index in [0.29, 0.717) is 0 Å². The fraction of sp³-hybridized carbons (Fsp3) is 1.00. The number of hydrogen-bond acceptors (Lipinski definition) is 3. The predicted octanol–water partition coefficient (Wildman–Crippen LogP) is 0.155. The SMILES string of the molecule is CC(C)(C)OC[C@@H](O)CO. The molecule has 0 spiro atoms. The molecule has 0 saturated carbocycles. The zero-order valence-corrected chi connectivity index (χ0v) is 6.79. The smallest absolute Gasteiger partial charge is 0.100 e. The zero-order chi connectivity index (χ0) is 8.20. The van der Waals surface area contributed by atoms with Crippen molar-refractivity contribution in [2.24, 2.45) is 0 Å². The highest BCUT2D eigenvalue weighted by molar-refractivity contribution is 4.60. The van der Waals surface area contributed by atoms with Crippen LogP contribution in [0.3, 0.4) is 0 Å². The molecular weight excluding hydrogens is 132 g/mol. The summed E-state index contributed by atoms with van der Waals surface area (Å²) in [5.74, 6) is 0. The van der Waals surface area contributed by atoms with E-state index in [9.17, 15) is 0 Å². The first kappa shape index (κ1) is 9.88. The highest BCUT2D eigenvalue weighted by atomic mass is 16.5. The summed E-state index contributed by atoms with van der Waals surface area (Å²) in [6.07, 6.45) is -0.751. The minimum absolute atomic E-state index is 0.194. The average Bonchev–Trinajstić information content (AvgIpc) is 1.81. The molecule has 0 aromatic rings. The van der Waals surface area contributed by atoms with Gasteiger partial charge in [-0.05, 0) is 20.8 Å². The molecular formula is C7H16O3. The standard InChI is InChI=1S/C7H16O3/c1-7(2,3)10-5-6(9)4-8/h6,8-9H,4-5H2,1-3H3/t6-/m0/s1. The molecule has 0 aromatic carbocycles. The first-order valence-corrected chi connectivity index (χ1v) is 3.38. The van der Waals surface area contributed by atoms with Crippen LogP contribution >= 0.6 is 0 Å². The molecule has 0 aliphatic heterocycles. The van der Waals surface area contributed by atoms with Gasteiger partial charge in [-0.15, -0.1) is 0 Å². The lowest BCUT2D eigenvalue weighted by Gasteiger charge is -2.20. The molecule has 3 heteroatoms. The van der Waals surface area contributed by atoms with E-state index >= 15 is 0 Å². The minimum Gasteiger partial charge on any atom is -0.394 e. The Kier molecular flexibility index (Phi) is 3.86. The molecule has 0 heterocycles. The quantitative estimate of drug-likeness (QED) is 0.599. The Balaban J connectivity index is 3.36. The largest absolute Gasteiger partial charge is 0.394 e. The summed E-state index contributed by atoms with van der Waals surface area (Å²) < 4.78 is 5.17. The van der Waals surface area contributed by atoms with Gasteiger partial charge in [0, 0.05) is 0 Å². The molecule has 0 unspecified atom stereocenters. The summed E-state index contributed by atoms with van der Waals surface area (Å²) in [5.41, 5.74) is -0.240. The molecule has 0 bridgehead atoms. The maximum absolute atomic E-state index is 8.85. The first-order valence-electron chi connectivity index (χ1n) is 3.38. The summed E-state index contributed by atoms with van der Waals surface area (Å²) in [5, 5.41) is 17.2. The van der Waals surface area contributed by atoms with Crippen LogP contribution in [0.25, 0.3) is 0 Å². The van der Waals surface area contributed by atoms with E-state index in [2.05, 4.69) is 0 Å². The summed E-state index contributed by atoms with van der Waals surface area (Å²) >= 11 is 0. The molecule has 3 nitrogen and oxygen atoms in total. The number of hydrogen-bond donors (Lipinski definition) is 2. The van der Waals surface area contributed by atoms with Crippen molar-refractivity contribution in [3.63, 3.8) is 0 Å². The molecule has 62 valence electrons. The topological polar surface area (TPSA) is 49.7 Å². The highest BCUT2D eigenvalue weighted by Crippen LogP contribution is 2.06. The van der Waals surface area contributed by atoms with Gasteiger partial charge in [-0.25, -0.2) is 0 Å². The van der Waals surface area contributed by atoms with Crippen LogP contribution in [0.15, 0.2) is 0 Å². The normalized spacial score (nSPS) is 15.3. The van der Waals surface area contributed by atoms with E-state index in [-0.39, 0.29) is 18.8 Å². The lowest BCUT2D eigenvalue weighted by molar-refractivity contribution is -0.0613. The van der Waals surface area contributed by atoms with Gasteiger partial charge in [-0.2, -0.15) is 0 Å². The monoisotopic (exact) mass is 148 g/mol. The maximum Gasteiger partial charge on any atom is 0.100 e. The number of rotatable bonds is 3. The van der Waals surface area contributed by atoms with E-state index in [1.54, 1.807) is 0 Å². The van der Waals surface area contributed by atoms with Gasteiger partial charge in [0.15, 0.2) is 0 Å². The van der Waals surface area contributed by atoms with Crippen LogP contribution in [-0.2, 0) is 4.74 Å². The van der Waals surface area contributed by atoms with Gasteiger partial charge in [-0.3, -0.25) is 0 Å². The van der Waals surface area contributed by atoms with Crippen LogP contribution in [0.2, 0.25) is 0 Å². The molecule has 2 N–H and O–H groups in total. The summed E-state index contributed by atoms with van der Waals surface area (Å²) in [7, 11) is 0. The Bertz CT molecular complexity index is 85.3. The van der Waals surface area contributed by atoms with Gasteiger partial charge in [0.25, 0.3) is 0 Å². The van der Waals surface area contributed by atoms with Crippen LogP contribution in [0.4, 0.5) is 0 Å². The number of aliphatic hydroxyl groups excluding tert-OH is 2. The molecule has 10 heavy (non-hydrogen) atoms. The molecule has 0 fully saturated rings. The molecule has 1 atom stereocenters. The van der Waals surface area contributed by atoms with Crippen LogP contribution in [0, 0.1) is 0 Å². The van der Waals surface area contributed by atoms with E-state index in [1.807, 2.05) is 20.8 Å². The highest BCUT2D eigenvalue weighted by Gasteiger charge is 2.12. The van der Waals surface area contributed by atoms with Gasteiger partial charge in [0.2, 0.25) is 0 Å². The summed E-state index contributed by atoms with van der Waals surface area (Å²) in [6, 6.07) is 0. The van der Waals surface area contributed by atoms with Crippen molar-refractivity contribution in [3.8, 4) is 0 Å². The maximum atomic E-state index is 8.85. The van der Waals surface area contributed by atoms with Crippen molar-refractivity contribution in [2.75, 3.05) is 13.2 Å². The molecule has 0 aliphatic rings. The van der Waals surface area contributed by atoms with Crippen LogP contribution in [0.1, 0.15) is 20.8 Å². The van der Waals surface area contributed by atoms with Gasteiger partial charge < -0.3 is 14.9 Å². The molecule has 0 amide bonds. The fourth-order valence-corrected chi connectivity index (χ4v) is 0.399. The second-order valence-corrected chi connectivity index (χ2v) is 3.26. The van der Waals surface area contributed by atoms with Gasteiger partial charge in [-0.1, -0.05) is 0 Å². The zero-order valence-electron chi connectivity index (χ0n) is 6.79. The Morgan fingerprint density at radius 2 is 1.90 bits per heavy atom. The second-order valence-electron chi connectivity index (χ2n) is 3.26. The molecule has 0 aromatic heterocycles. The van der Waals surface area contributed by atoms with Crippen molar-refractivity contribution >= 4 is 0 Å². The van der Waals surface area contributed by atoms with Crippen LogP contribution in [-0.4, -0.2) is 35.1 Å². The Morgan fingerprint density at radius 3 is 2.20 bits per heavy atom. The first-order chi connectivity index (χ1) is 4.45. The predicted molar refractivity (Wildman–Crippen MR) is 38.8 cm³/mol. The van der Waals surface area contributed by atoms with E-state index < -0.39 is 6.10 Å². The van der Waals surface area contributed by atoms with Crippen molar-refractivity contribution in [2.45, 2.75) is 32.5 Å². The second kappa shape index (κ2) is 3.91. The van der Waals surface area contributed by atoms with Gasteiger partial charge in [0.05, 0.1) is 18.8 Å². The number of aliphatic hydroxyl groups is 2. The van der Waals surface area contributed by atoms with Crippen molar-refractivity contribution < 1.29 is 14.9 Å². The average molecular weight is 148 g/mol. The van der Waals surface area contributed by atoms with E-state index in [0.717, 1.165) is 0 Å². The molecule has 0 saturated heterocycles. The molecule has 0 rings (SSSR count). The third-order valence-electron chi connectivity index (χ3n) is 0.919. The third kappa shape index (κ3) is 6.01. The lowest BCUT2D eigenvalue weighted by Crippen LogP contribution is -2.27. The molecule has 0 radical (unpaired) electrons. The van der Waals surface area contributed by atoms with Crippen LogP contribution in [0.5, 0.6) is 0 Å². The van der Waals surface area contributed by atoms with Crippen molar-refractivity contribution in [1.82, 2.24) is 0 Å². The minimum atomic E-state index is -0.751. The Morgan fingerprint density at radius 1 is 1.40 bits per heavy atom. The Labute approximate surface area is 61.6 Å². The van der Waals surface area contributed by atoms with Gasteiger partial charge in [0.1, 0.15) is 6.10 Å².